The minimum Gasteiger partial charge on any atom is -0.345 e. The van der Waals surface area contributed by atoms with Crippen LogP contribution in [-0.2, 0) is 9.84 Å². The summed E-state index contributed by atoms with van der Waals surface area (Å²) >= 11 is 0. The van der Waals surface area contributed by atoms with Crippen LogP contribution in [0.15, 0.2) is 24.5 Å². The number of H-pyrrole nitrogens is 1. The van der Waals surface area contributed by atoms with Gasteiger partial charge in [0, 0.05) is 18.8 Å². The SMILES string of the molecule is CN(C(=O)Nc1ccc2nc[nH]c2c1)C1CCS(=O)(=O)C1. The first kappa shape index (κ1) is 13.9. The lowest BCUT2D eigenvalue weighted by atomic mass is 10.2. The van der Waals surface area contributed by atoms with Gasteiger partial charge in [-0.2, -0.15) is 0 Å². The van der Waals surface area contributed by atoms with Gasteiger partial charge in [0.15, 0.2) is 9.84 Å². The van der Waals surface area contributed by atoms with Crippen LogP contribution >= 0.6 is 0 Å². The Morgan fingerprint density at radius 3 is 3.00 bits per heavy atom. The van der Waals surface area contributed by atoms with Crippen molar-refractivity contribution in [2.75, 3.05) is 23.9 Å². The number of imidazole rings is 1. The van der Waals surface area contributed by atoms with Crippen molar-refractivity contribution in [3.8, 4) is 0 Å². The fourth-order valence-corrected chi connectivity index (χ4v) is 4.25. The van der Waals surface area contributed by atoms with E-state index in [2.05, 4.69) is 15.3 Å². The maximum absolute atomic E-state index is 12.2. The normalized spacial score (nSPS) is 20.5. The van der Waals surface area contributed by atoms with Crippen LogP contribution in [0.5, 0.6) is 0 Å². The van der Waals surface area contributed by atoms with E-state index in [0.717, 1.165) is 11.0 Å². The van der Waals surface area contributed by atoms with Crippen molar-refractivity contribution < 1.29 is 13.2 Å². The van der Waals surface area contributed by atoms with Gasteiger partial charge in [0.25, 0.3) is 0 Å². The Bertz CT molecular complexity index is 784. The zero-order valence-corrected chi connectivity index (χ0v) is 12.4. The van der Waals surface area contributed by atoms with Gasteiger partial charge in [0.2, 0.25) is 0 Å². The highest BCUT2D eigenvalue weighted by atomic mass is 32.2. The monoisotopic (exact) mass is 308 g/mol. The molecule has 0 spiro atoms. The smallest absolute Gasteiger partial charge is 0.321 e. The number of aromatic nitrogens is 2. The maximum atomic E-state index is 12.2. The third-order valence-electron chi connectivity index (χ3n) is 3.75. The van der Waals surface area contributed by atoms with Crippen LogP contribution in [0.25, 0.3) is 11.0 Å². The number of rotatable bonds is 2. The van der Waals surface area contributed by atoms with Gasteiger partial charge >= 0.3 is 6.03 Å². The zero-order chi connectivity index (χ0) is 15.0. The molecule has 1 aliphatic rings. The van der Waals surface area contributed by atoms with Crippen molar-refractivity contribution in [3.63, 3.8) is 0 Å². The zero-order valence-electron chi connectivity index (χ0n) is 11.5. The number of aromatic amines is 1. The average molecular weight is 308 g/mol. The Balaban J connectivity index is 1.70. The van der Waals surface area contributed by atoms with Gasteiger partial charge in [-0.3, -0.25) is 0 Å². The highest BCUT2D eigenvalue weighted by molar-refractivity contribution is 7.91. The van der Waals surface area contributed by atoms with E-state index in [1.165, 1.54) is 4.90 Å². The Morgan fingerprint density at radius 1 is 1.48 bits per heavy atom. The summed E-state index contributed by atoms with van der Waals surface area (Å²) in [6, 6.07) is 4.79. The van der Waals surface area contributed by atoms with Gasteiger partial charge in [0.05, 0.1) is 28.9 Å². The van der Waals surface area contributed by atoms with E-state index in [9.17, 15) is 13.2 Å². The molecule has 8 heteroatoms. The first-order valence-electron chi connectivity index (χ1n) is 6.62. The van der Waals surface area contributed by atoms with E-state index in [4.69, 9.17) is 0 Å². The number of hydrogen-bond donors (Lipinski definition) is 2. The molecule has 1 saturated heterocycles. The van der Waals surface area contributed by atoms with E-state index in [1.54, 1.807) is 25.5 Å². The highest BCUT2D eigenvalue weighted by Crippen LogP contribution is 2.19. The highest BCUT2D eigenvalue weighted by Gasteiger charge is 2.32. The van der Waals surface area contributed by atoms with E-state index in [0.29, 0.717) is 12.1 Å². The average Bonchev–Trinajstić information content (AvgIpc) is 3.03. The molecular weight excluding hydrogens is 292 g/mol. The molecule has 7 nitrogen and oxygen atoms in total. The fourth-order valence-electron chi connectivity index (χ4n) is 2.47. The molecule has 1 atom stereocenters. The topological polar surface area (TPSA) is 95.2 Å². The van der Waals surface area contributed by atoms with Gasteiger partial charge in [-0.1, -0.05) is 0 Å². The molecule has 2 heterocycles. The van der Waals surface area contributed by atoms with E-state index < -0.39 is 9.84 Å². The number of urea groups is 1. The van der Waals surface area contributed by atoms with Gasteiger partial charge in [-0.25, -0.2) is 18.2 Å². The Morgan fingerprint density at radius 2 is 2.29 bits per heavy atom. The summed E-state index contributed by atoms with van der Waals surface area (Å²) in [4.78, 5) is 20.7. The maximum Gasteiger partial charge on any atom is 0.321 e. The van der Waals surface area contributed by atoms with Gasteiger partial charge < -0.3 is 15.2 Å². The molecule has 3 rings (SSSR count). The summed E-state index contributed by atoms with van der Waals surface area (Å²) in [7, 11) is -1.38. The first-order valence-corrected chi connectivity index (χ1v) is 8.44. The number of carbonyl (C=O) groups excluding carboxylic acids is 1. The Hall–Kier alpha value is -2.09. The summed E-state index contributed by atoms with van der Waals surface area (Å²) in [6.45, 7) is 0. The van der Waals surface area contributed by atoms with Gasteiger partial charge in [-0.15, -0.1) is 0 Å². The lowest BCUT2D eigenvalue weighted by Crippen LogP contribution is -2.40. The molecule has 112 valence electrons. The van der Waals surface area contributed by atoms with E-state index in [1.807, 2.05) is 6.07 Å². The van der Waals surface area contributed by atoms with Crippen LogP contribution in [-0.4, -0.2) is 53.9 Å². The molecule has 21 heavy (non-hydrogen) atoms. The first-order chi connectivity index (χ1) is 9.94. The number of hydrogen-bond acceptors (Lipinski definition) is 4. The molecule has 1 aromatic carbocycles. The molecule has 2 aromatic rings. The Labute approximate surface area is 122 Å². The molecule has 0 bridgehead atoms. The molecule has 1 unspecified atom stereocenters. The number of anilines is 1. The summed E-state index contributed by atoms with van der Waals surface area (Å²) in [6.07, 6.45) is 2.08. The van der Waals surface area contributed by atoms with Crippen molar-refractivity contribution in [3.05, 3.63) is 24.5 Å². The number of carbonyl (C=O) groups is 1. The lowest BCUT2D eigenvalue weighted by molar-refractivity contribution is 0.209. The third kappa shape index (κ3) is 2.85. The third-order valence-corrected chi connectivity index (χ3v) is 5.50. The predicted octanol–water partition coefficient (Wildman–Crippen LogP) is 1.21. The fraction of sp³-hybridized carbons (Fsp3) is 0.385. The quantitative estimate of drug-likeness (QED) is 0.872. The minimum atomic E-state index is -3.00. The second-order valence-electron chi connectivity index (χ2n) is 5.23. The van der Waals surface area contributed by atoms with Crippen LogP contribution in [0.2, 0.25) is 0 Å². The standard InChI is InChI=1S/C13H16N4O3S/c1-17(10-4-5-21(19,20)7-10)13(18)16-9-2-3-11-12(6-9)15-8-14-11/h2-3,6,8,10H,4-5,7H2,1H3,(H,14,15)(H,16,18). The lowest BCUT2D eigenvalue weighted by Gasteiger charge is -2.23. The van der Waals surface area contributed by atoms with Crippen molar-refractivity contribution in [1.82, 2.24) is 14.9 Å². The van der Waals surface area contributed by atoms with Crippen molar-refractivity contribution in [2.24, 2.45) is 0 Å². The molecule has 0 saturated carbocycles. The number of fused-ring (bicyclic) bond motifs is 1. The number of sulfone groups is 1. The summed E-state index contributed by atoms with van der Waals surface area (Å²) in [5.74, 6) is 0.186. The molecule has 1 aliphatic heterocycles. The van der Waals surface area contributed by atoms with E-state index in [-0.39, 0.29) is 23.6 Å². The van der Waals surface area contributed by atoms with Crippen LogP contribution in [0.3, 0.4) is 0 Å². The van der Waals surface area contributed by atoms with E-state index >= 15 is 0 Å². The Kier molecular flexibility index (Phi) is 3.32. The van der Waals surface area contributed by atoms with Crippen molar-refractivity contribution in [1.29, 1.82) is 0 Å². The molecule has 0 radical (unpaired) electrons. The largest absolute Gasteiger partial charge is 0.345 e. The number of benzene rings is 1. The number of nitrogens with zero attached hydrogens (tertiary/aromatic N) is 2. The molecule has 2 amide bonds. The number of amides is 2. The molecule has 1 fully saturated rings. The van der Waals surface area contributed by atoms with Crippen LogP contribution in [0, 0.1) is 0 Å². The molecule has 1 aromatic heterocycles. The van der Waals surface area contributed by atoms with Crippen LogP contribution in [0.4, 0.5) is 10.5 Å². The number of nitrogens with one attached hydrogen (secondary N) is 2. The second-order valence-corrected chi connectivity index (χ2v) is 7.46. The predicted molar refractivity (Wildman–Crippen MR) is 79.9 cm³/mol. The van der Waals surface area contributed by atoms with Gasteiger partial charge in [-0.05, 0) is 24.6 Å². The second kappa shape index (κ2) is 5.03. The van der Waals surface area contributed by atoms with Gasteiger partial charge in [0.1, 0.15) is 0 Å². The molecular formula is C13H16N4O3S. The summed E-state index contributed by atoms with van der Waals surface area (Å²) < 4.78 is 22.9. The van der Waals surface area contributed by atoms with Crippen molar-refractivity contribution in [2.45, 2.75) is 12.5 Å². The summed E-state index contributed by atoms with van der Waals surface area (Å²) in [5.41, 5.74) is 2.30. The molecule has 0 aliphatic carbocycles. The van der Waals surface area contributed by atoms with Crippen LogP contribution in [0.1, 0.15) is 6.42 Å². The molecule has 2 N–H and O–H groups in total. The van der Waals surface area contributed by atoms with Crippen LogP contribution < -0.4 is 5.32 Å². The van der Waals surface area contributed by atoms with Crippen molar-refractivity contribution >= 4 is 32.6 Å². The minimum absolute atomic E-state index is 0.0382. The summed E-state index contributed by atoms with van der Waals surface area (Å²) in [5, 5.41) is 2.77.